The van der Waals surface area contributed by atoms with Crippen molar-refractivity contribution in [1.82, 2.24) is 0 Å². The lowest BCUT2D eigenvalue weighted by molar-refractivity contribution is 0.195. The van der Waals surface area contributed by atoms with Crippen LogP contribution in [0.25, 0.3) is 11.1 Å². The third-order valence-electron chi connectivity index (χ3n) is 19.0. The Labute approximate surface area is 412 Å². The van der Waals surface area contributed by atoms with Crippen LogP contribution >= 0.6 is 0 Å². The smallest absolute Gasteiger partial charge is 0.252 e. The van der Waals surface area contributed by atoms with E-state index in [0.717, 1.165) is 19.3 Å². The van der Waals surface area contributed by atoms with Gasteiger partial charge in [-0.3, -0.25) is 0 Å². The first-order chi connectivity index (χ1) is 33.1. The first kappa shape index (κ1) is 43.1. The molecule has 7 aromatic rings. The minimum absolute atomic E-state index is 0.0138. The lowest BCUT2D eigenvalue weighted by Gasteiger charge is -2.54. The van der Waals surface area contributed by atoms with Gasteiger partial charge in [0.1, 0.15) is 0 Å². The Kier molecular flexibility index (Phi) is 9.07. The topological polar surface area (TPSA) is 9.72 Å². The van der Waals surface area contributed by atoms with Crippen LogP contribution in [0, 0.1) is 0 Å². The maximum Gasteiger partial charge on any atom is 0.252 e. The van der Waals surface area contributed by atoms with Crippen molar-refractivity contribution >= 4 is 62.9 Å². The molecule has 7 aromatic carbocycles. The van der Waals surface area contributed by atoms with Crippen LogP contribution in [0.5, 0.6) is 0 Å². The van der Waals surface area contributed by atoms with Crippen LogP contribution in [0.15, 0.2) is 152 Å². The van der Waals surface area contributed by atoms with E-state index in [1.807, 2.05) is 0 Å². The van der Waals surface area contributed by atoms with Gasteiger partial charge in [-0.1, -0.05) is 183 Å². The van der Waals surface area contributed by atoms with Crippen LogP contribution in [0.3, 0.4) is 0 Å². The molecular weight excluding hydrogens is 834 g/mol. The van der Waals surface area contributed by atoms with E-state index >= 15 is 0 Å². The zero-order valence-electron chi connectivity index (χ0n) is 42.5. The molecule has 0 saturated heterocycles. The average Bonchev–Trinajstić information content (AvgIpc) is 3.72. The molecule has 4 unspecified atom stereocenters. The molecule has 3 nitrogen and oxygen atoms in total. The molecule has 0 spiro atoms. The van der Waals surface area contributed by atoms with Crippen molar-refractivity contribution < 1.29 is 0 Å². The molecule has 0 amide bonds. The fourth-order valence-corrected chi connectivity index (χ4v) is 15.2. The number of benzene rings is 7. The van der Waals surface area contributed by atoms with Crippen LogP contribution < -0.4 is 31.1 Å². The Hall–Kier alpha value is -6.00. The summed E-state index contributed by atoms with van der Waals surface area (Å²) in [5.41, 5.74) is 23.0. The lowest BCUT2D eigenvalue weighted by Crippen LogP contribution is -2.64. The number of rotatable bonds is 4. The summed E-state index contributed by atoms with van der Waals surface area (Å²) < 4.78 is 0. The van der Waals surface area contributed by atoms with Crippen molar-refractivity contribution in [2.45, 2.75) is 146 Å². The second-order valence-corrected chi connectivity index (χ2v) is 24.6. The highest BCUT2D eigenvalue weighted by atomic mass is 15.3. The predicted molar refractivity (Wildman–Crippen MR) is 294 cm³/mol. The first-order valence-corrected chi connectivity index (χ1v) is 26.3. The summed E-state index contributed by atoms with van der Waals surface area (Å²) >= 11 is 0. The van der Waals surface area contributed by atoms with Gasteiger partial charge in [0.15, 0.2) is 0 Å². The quantitative estimate of drug-likeness (QED) is 0.163. The second-order valence-electron chi connectivity index (χ2n) is 24.6. The lowest BCUT2D eigenvalue weighted by atomic mass is 9.33. The van der Waals surface area contributed by atoms with Crippen molar-refractivity contribution in [2.75, 3.05) is 14.7 Å². The monoisotopic (exact) mass is 902 g/mol. The minimum Gasteiger partial charge on any atom is -0.335 e. The van der Waals surface area contributed by atoms with Crippen LogP contribution in [0.4, 0.5) is 39.8 Å². The molecule has 0 aromatic heterocycles. The number of anilines is 7. The van der Waals surface area contributed by atoms with Gasteiger partial charge in [-0.25, -0.2) is 0 Å². The molecule has 4 heteroatoms. The molecule has 0 radical (unpaired) electrons. The Morgan fingerprint density at radius 3 is 1.86 bits per heavy atom. The van der Waals surface area contributed by atoms with Gasteiger partial charge in [0.05, 0.1) is 11.1 Å². The van der Waals surface area contributed by atoms with Crippen molar-refractivity contribution in [2.24, 2.45) is 0 Å². The molecule has 13 rings (SSSR count). The van der Waals surface area contributed by atoms with Crippen LogP contribution in [-0.4, -0.2) is 17.8 Å². The molecule has 0 N–H and O–H groups in total. The predicted octanol–water partition coefficient (Wildman–Crippen LogP) is 15.1. The highest BCUT2D eigenvalue weighted by Crippen LogP contribution is 2.66. The summed E-state index contributed by atoms with van der Waals surface area (Å²) in [5.74, 6) is 0. The van der Waals surface area contributed by atoms with E-state index in [9.17, 15) is 0 Å². The van der Waals surface area contributed by atoms with Gasteiger partial charge in [0.2, 0.25) is 0 Å². The van der Waals surface area contributed by atoms with Crippen LogP contribution in [0.2, 0.25) is 0 Å². The Morgan fingerprint density at radius 1 is 0.449 bits per heavy atom. The zero-order chi connectivity index (χ0) is 47.5. The fraction of sp³-hybridized carbons (Fsp3) is 0.354. The number of para-hydroxylation sites is 1. The van der Waals surface area contributed by atoms with Gasteiger partial charge in [0.25, 0.3) is 6.71 Å². The SMILES string of the molecule is CC(C)(C)c1cccc(N2c3cc(C(C)(C)C)ccc3B3c4cc(-c5ccccc5)cc5c4N(c4cc(N6c7ccccc7C7(c8ccccc8)CCCCC67C)cc2c43)C2(C)CCCCC52C)c1. The summed E-state index contributed by atoms with van der Waals surface area (Å²) in [4.78, 5) is 8.51. The molecule has 0 bridgehead atoms. The van der Waals surface area contributed by atoms with Crippen molar-refractivity contribution in [3.63, 3.8) is 0 Å². The molecule has 2 aliphatic carbocycles. The number of hydrogen-bond acceptors (Lipinski definition) is 3. The summed E-state index contributed by atoms with van der Waals surface area (Å²) in [6, 6.07) is 60.0. The van der Waals surface area contributed by atoms with E-state index < -0.39 is 0 Å². The van der Waals surface area contributed by atoms with Gasteiger partial charge >= 0.3 is 0 Å². The van der Waals surface area contributed by atoms with Gasteiger partial charge in [-0.15, -0.1) is 0 Å². The minimum atomic E-state index is -0.198. The third kappa shape index (κ3) is 5.69. The highest BCUT2D eigenvalue weighted by Gasteiger charge is 2.64. The zero-order valence-corrected chi connectivity index (χ0v) is 42.5. The molecule has 6 aliphatic rings. The van der Waals surface area contributed by atoms with Gasteiger partial charge in [-0.05, 0) is 148 Å². The molecule has 4 heterocycles. The summed E-state index contributed by atoms with van der Waals surface area (Å²) in [6.07, 6.45) is 9.54. The highest BCUT2D eigenvalue weighted by molar-refractivity contribution is 7.00. The van der Waals surface area contributed by atoms with Crippen molar-refractivity contribution in [3.8, 4) is 11.1 Å². The van der Waals surface area contributed by atoms with E-state index in [1.54, 1.807) is 5.56 Å². The van der Waals surface area contributed by atoms with E-state index in [2.05, 4.69) is 229 Å². The summed E-state index contributed by atoms with van der Waals surface area (Å²) in [7, 11) is 0. The Bertz CT molecular complexity index is 3230. The first-order valence-electron chi connectivity index (χ1n) is 26.3. The molecule has 346 valence electrons. The maximum atomic E-state index is 2.94. The van der Waals surface area contributed by atoms with E-state index in [-0.39, 0.29) is 39.5 Å². The van der Waals surface area contributed by atoms with Crippen LogP contribution in [-0.2, 0) is 21.7 Å². The van der Waals surface area contributed by atoms with Gasteiger partial charge < -0.3 is 14.7 Å². The normalized spacial score (nSPS) is 25.1. The Balaban J connectivity index is 1.17. The van der Waals surface area contributed by atoms with Crippen molar-refractivity contribution in [3.05, 3.63) is 179 Å². The van der Waals surface area contributed by atoms with Crippen molar-refractivity contribution in [1.29, 1.82) is 0 Å². The van der Waals surface area contributed by atoms with E-state index in [4.69, 9.17) is 0 Å². The Morgan fingerprint density at radius 2 is 1.10 bits per heavy atom. The molecular formula is C65H68BN3. The molecule has 2 fully saturated rings. The largest absolute Gasteiger partial charge is 0.335 e. The van der Waals surface area contributed by atoms with E-state index in [1.165, 1.54) is 122 Å². The number of fused-ring (bicyclic) bond motifs is 10. The molecule has 4 aliphatic heterocycles. The molecule has 2 saturated carbocycles. The fourth-order valence-electron chi connectivity index (χ4n) is 15.2. The van der Waals surface area contributed by atoms with Crippen LogP contribution in [0.1, 0.15) is 141 Å². The number of nitrogens with zero attached hydrogens (tertiary/aromatic N) is 3. The van der Waals surface area contributed by atoms with E-state index in [0.29, 0.717) is 0 Å². The average molecular weight is 902 g/mol. The standard InChI is InChI=1S/C65H68BN3/c1-60(2,3)46-27-22-28-48(39-46)67-55-40-47(61(4,5)6)31-32-52(55)66-53-38-44(43-23-12-10-13-24-43)37-51-59(53)69(63(8)34-19-18-33-62(51,63)7)57-42-49(41-56(67)58(57)66)68-54-30-17-16-29-50(54)65(45-25-14-11-15-26-45)36-21-20-35-64(65,68)9/h10-17,22-32,37-42H,18-21,33-36H2,1-9H3. The molecule has 69 heavy (non-hydrogen) atoms. The van der Waals surface area contributed by atoms with Gasteiger partial charge in [0, 0.05) is 50.6 Å². The summed E-state index contributed by atoms with van der Waals surface area (Å²) in [6.45, 7) is 22.1. The van der Waals surface area contributed by atoms with Gasteiger partial charge in [-0.2, -0.15) is 0 Å². The maximum absolute atomic E-state index is 2.94. The summed E-state index contributed by atoms with van der Waals surface area (Å²) in [5, 5.41) is 0. The second kappa shape index (κ2) is 14.5. The third-order valence-corrected chi connectivity index (χ3v) is 19.0. The number of hydrogen-bond donors (Lipinski definition) is 0. The molecule has 4 atom stereocenters.